The average molecular weight is 332 g/mol. The molecule has 0 aliphatic rings. The molecule has 0 saturated heterocycles. The maximum atomic E-state index is 11.7. The molecular formula is C19H28N2O3. The molecule has 0 spiro atoms. The van der Waals surface area contributed by atoms with E-state index in [1.54, 1.807) is 0 Å². The van der Waals surface area contributed by atoms with Crippen LogP contribution in [0.1, 0.15) is 32.8 Å². The predicted molar refractivity (Wildman–Crippen MR) is 95.4 cm³/mol. The molecule has 24 heavy (non-hydrogen) atoms. The van der Waals surface area contributed by atoms with E-state index in [4.69, 9.17) is 0 Å². The molecule has 1 rings (SSSR count). The number of nitrogens with one attached hydrogen (secondary N) is 2. The van der Waals surface area contributed by atoms with Crippen molar-refractivity contribution >= 4 is 11.8 Å². The Morgan fingerprint density at radius 3 is 2.46 bits per heavy atom. The van der Waals surface area contributed by atoms with E-state index in [2.05, 4.69) is 24.5 Å². The van der Waals surface area contributed by atoms with Gasteiger partial charge in [0.15, 0.2) is 0 Å². The van der Waals surface area contributed by atoms with Crippen molar-refractivity contribution < 1.29 is 14.7 Å². The molecule has 2 amide bonds. The van der Waals surface area contributed by atoms with Crippen LogP contribution in [0, 0.1) is 5.92 Å². The predicted octanol–water partition coefficient (Wildman–Crippen LogP) is 1.81. The van der Waals surface area contributed by atoms with E-state index in [-0.39, 0.29) is 11.8 Å². The van der Waals surface area contributed by atoms with Crippen molar-refractivity contribution in [2.24, 2.45) is 5.92 Å². The van der Waals surface area contributed by atoms with E-state index >= 15 is 0 Å². The molecule has 0 fully saturated rings. The topological polar surface area (TPSA) is 78.4 Å². The highest BCUT2D eigenvalue weighted by Gasteiger charge is 2.18. The van der Waals surface area contributed by atoms with Crippen molar-refractivity contribution in [1.29, 1.82) is 0 Å². The SMILES string of the molecule is CC(=O)NC(Cc1ccccc1)C(O)C=CC(=O)NCCC(C)C. The molecule has 2 unspecified atom stereocenters. The van der Waals surface area contributed by atoms with Crippen LogP contribution < -0.4 is 10.6 Å². The zero-order chi connectivity index (χ0) is 17.9. The van der Waals surface area contributed by atoms with Gasteiger partial charge in [-0.25, -0.2) is 0 Å². The lowest BCUT2D eigenvalue weighted by Crippen LogP contribution is -2.43. The van der Waals surface area contributed by atoms with Crippen LogP contribution in [-0.4, -0.2) is 35.6 Å². The van der Waals surface area contributed by atoms with E-state index in [1.165, 1.54) is 19.1 Å². The van der Waals surface area contributed by atoms with Crippen LogP contribution in [0.25, 0.3) is 0 Å². The number of amides is 2. The van der Waals surface area contributed by atoms with E-state index < -0.39 is 12.1 Å². The van der Waals surface area contributed by atoms with Gasteiger partial charge in [0.2, 0.25) is 11.8 Å². The van der Waals surface area contributed by atoms with Gasteiger partial charge < -0.3 is 15.7 Å². The van der Waals surface area contributed by atoms with Crippen molar-refractivity contribution in [3.8, 4) is 0 Å². The van der Waals surface area contributed by atoms with Gasteiger partial charge >= 0.3 is 0 Å². The number of benzene rings is 1. The summed E-state index contributed by atoms with van der Waals surface area (Å²) in [6.45, 7) is 6.20. The number of aliphatic hydroxyl groups excluding tert-OH is 1. The van der Waals surface area contributed by atoms with Crippen LogP contribution >= 0.6 is 0 Å². The molecule has 1 aromatic rings. The smallest absolute Gasteiger partial charge is 0.243 e. The lowest BCUT2D eigenvalue weighted by molar-refractivity contribution is -0.120. The number of carbonyl (C=O) groups is 2. The fraction of sp³-hybridized carbons (Fsp3) is 0.474. The summed E-state index contributed by atoms with van der Waals surface area (Å²) in [5, 5.41) is 15.8. The second-order valence-corrected chi connectivity index (χ2v) is 6.32. The first-order valence-corrected chi connectivity index (χ1v) is 8.33. The third-order valence-electron chi connectivity index (χ3n) is 3.57. The zero-order valence-corrected chi connectivity index (χ0v) is 14.7. The molecule has 132 valence electrons. The van der Waals surface area contributed by atoms with E-state index in [0.29, 0.717) is 18.9 Å². The minimum Gasteiger partial charge on any atom is -0.387 e. The summed E-state index contributed by atoms with van der Waals surface area (Å²) < 4.78 is 0. The molecule has 0 aromatic heterocycles. The third kappa shape index (κ3) is 8.48. The second-order valence-electron chi connectivity index (χ2n) is 6.32. The Hall–Kier alpha value is -2.14. The molecule has 0 aliphatic heterocycles. The molecular weight excluding hydrogens is 304 g/mol. The first-order valence-electron chi connectivity index (χ1n) is 8.33. The molecule has 2 atom stereocenters. The first kappa shape index (κ1) is 19.9. The van der Waals surface area contributed by atoms with Gasteiger partial charge in [0.05, 0.1) is 12.1 Å². The Balaban J connectivity index is 2.60. The summed E-state index contributed by atoms with van der Waals surface area (Å²) >= 11 is 0. The number of hydrogen-bond donors (Lipinski definition) is 3. The van der Waals surface area contributed by atoms with Gasteiger partial charge in [0, 0.05) is 19.5 Å². The Bertz CT molecular complexity index is 541. The first-order chi connectivity index (χ1) is 11.4. The van der Waals surface area contributed by atoms with Gasteiger partial charge in [-0.15, -0.1) is 0 Å². The van der Waals surface area contributed by atoms with Crippen LogP contribution in [0.2, 0.25) is 0 Å². The minimum atomic E-state index is -0.940. The van der Waals surface area contributed by atoms with E-state index in [9.17, 15) is 14.7 Å². The summed E-state index contributed by atoms with van der Waals surface area (Å²) in [7, 11) is 0. The number of hydrogen-bond acceptors (Lipinski definition) is 3. The molecule has 5 nitrogen and oxygen atoms in total. The van der Waals surface area contributed by atoms with Crippen molar-refractivity contribution in [1.82, 2.24) is 10.6 Å². The van der Waals surface area contributed by atoms with Gasteiger partial charge in [-0.05, 0) is 30.4 Å². The van der Waals surface area contributed by atoms with Gasteiger partial charge in [0.25, 0.3) is 0 Å². The van der Waals surface area contributed by atoms with Crippen molar-refractivity contribution in [3.05, 3.63) is 48.0 Å². The standard InChI is InChI=1S/C19H28N2O3/c1-14(2)11-12-20-19(24)10-9-18(23)17(21-15(3)22)13-16-7-5-4-6-8-16/h4-10,14,17-18,23H,11-13H2,1-3H3,(H,20,24)(H,21,22). The maximum Gasteiger partial charge on any atom is 0.243 e. The second kappa shape index (κ2) is 10.6. The zero-order valence-electron chi connectivity index (χ0n) is 14.7. The quantitative estimate of drug-likeness (QED) is 0.604. The van der Waals surface area contributed by atoms with Crippen LogP contribution in [0.3, 0.4) is 0 Å². The Labute approximate surface area is 144 Å². The highest BCUT2D eigenvalue weighted by Crippen LogP contribution is 2.07. The summed E-state index contributed by atoms with van der Waals surface area (Å²) in [6.07, 6.45) is 3.20. The molecule has 1 aromatic carbocycles. The van der Waals surface area contributed by atoms with Gasteiger partial charge in [-0.3, -0.25) is 9.59 Å². The minimum absolute atomic E-state index is 0.218. The highest BCUT2D eigenvalue weighted by molar-refractivity contribution is 5.87. The van der Waals surface area contributed by atoms with Gasteiger partial charge in [-0.1, -0.05) is 44.2 Å². The molecule has 0 radical (unpaired) electrons. The maximum absolute atomic E-state index is 11.7. The van der Waals surface area contributed by atoms with Crippen molar-refractivity contribution in [2.75, 3.05) is 6.54 Å². The molecule has 0 heterocycles. The van der Waals surface area contributed by atoms with Crippen LogP contribution in [-0.2, 0) is 16.0 Å². The average Bonchev–Trinajstić information content (AvgIpc) is 2.52. The fourth-order valence-corrected chi connectivity index (χ4v) is 2.25. The van der Waals surface area contributed by atoms with Crippen molar-refractivity contribution in [2.45, 2.75) is 45.8 Å². The number of rotatable bonds is 9. The molecule has 0 saturated carbocycles. The summed E-state index contributed by atoms with van der Waals surface area (Å²) in [4.78, 5) is 23.1. The van der Waals surface area contributed by atoms with Crippen molar-refractivity contribution in [3.63, 3.8) is 0 Å². The monoisotopic (exact) mass is 332 g/mol. The Kier molecular flexibility index (Phi) is 8.79. The summed E-state index contributed by atoms with van der Waals surface area (Å²) in [6, 6.07) is 9.11. The van der Waals surface area contributed by atoms with Gasteiger partial charge in [0.1, 0.15) is 0 Å². The number of carbonyl (C=O) groups excluding carboxylic acids is 2. The Morgan fingerprint density at radius 1 is 1.21 bits per heavy atom. The molecule has 0 bridgehead atoms. The largest absolute Gasteiger partial charge is 0.387 e. The van der Waals surface area contributed by atoms with E-state index in [0.717, 1.165) is 12.0 Å². The van der Waals surface area contributed by atoms with Crippen LogP contribution in [0.15, 0.2) is 42.5 Å². The number of aliphatic hydroxyl groups is 1. The molecule has 3 N–H and O–H groups in total. The lowest BCUT2D eigenvalue weighted by Gasteiger charge is -2.21. The van der Waals surface area contributed by atoms with Crippen LogP contribution in [0.4, 0.5) is 0 Å². The fourth-order valence-electron chi connectivity index (χ4n) is 2.25. The molecule has 5 heteroatoms. The molecule has 0 aliphatic carbocycles. The summed E-state index contributed by atoms with van der Waals surface area (Å²) in [5.41, 5.74) is 1.00. The summed E-state index contributed by atoms with van der Waals surface area (Å²) in [5.74, 6) is 0.0654. The van der Waals surface area contributed by atoms with Gasteiger partial charge in [-0.2, -0.15) is 0 Å². The Morgan fingerprint density at radius 2 is 1.88 bits per heavy atom. The third-order valence-corrected chi connectivity index (χ3v) is 3.57. The van der Waals surface area contributed by atoms with E-state index in [1.807, 2.05) is 30.3 Å². The lowest BCUT2D eigenvalue weighted by atomic mass is 10.0. The normalized spacial score (nSPS) is 13.7. The highest BCUT2D eigenvalue weighted by atomic mass is 16.3. The van der Waals surface area contributed by atoms with Crippen LogP contribution in [0.5, 0.6) is 0 Å².